The number of rotatable bonds is 4. The van der Waals surface area contributed by atoms with Gasteiger partial charge in [-0.3, -0.25) is 0 Å². The molecule has 1 N–H and O–H groups in total. The van der Waals surface area contributed by atoms with Crippen molar-refractivity contribution < 1.29 is 4.74 Å². The average molecular weight is 363 g/mol. The monoisotopic (exact) mass is 363 g/mol. The number of nitrogens with zero attached hydrogens (tertiary/aromatic N) is 6. The topological polar surface area (TPSA) is 82.2 Å². The number of nitrogens with one attached hydrogen (secondary N) is 1. The standard InChI is InChI=1S/C19H21N7O/c1-11(2)26-12(3)22-18-16(26)6-13(7-20-18)15-4-5-25-17(15)8-21-19(24-25)23-14-9-27-10-14/h4-8,11,14H,9-10H2,1-3H3,(H,23,24). The van der Waals surface area contributed by atoms with Gasteiger partial charge in [0.2, 0.25) is 5.95 Å². The highest BCUT2D eigenvalue weighted by Gasteiger charge is 2.19. The zero-order chi connectivity index (χ0) is 18.5. The van der Waals surface area contributed by atoms with Crippen LogP contribution in [-0.4, -0.2) is 48.4 Å². The first-order valence-electron chi connectivity index (χ1n) is 9.14. The van der Waals surface area contributed by atoms with E-state index in [9.17, 15) is 0 Å². The molecule has 8 nitrogen and oxygen atoms in total. The molecule has 5 rings (SSSR count). The van der Waals surface area contributed by atoms with Crippen molar-refractivity contribution >= 4 is 22.6 Å². The van der Waals surface area contributed by atoms with Crippen molar-refractivity contribution in [2.75, 3.05) is 18.5 Å². The molecule has 0 unspecified atom stereocenters. The van der Waals surface area contributed by atoms with Crippen LogP contribution in [0.1, 0.15) is 25.7 Å². The SMILES string of the molecule is Cc1nc2ncc(-c3ccn4nc(NC5COC5)ncc34)cc2n1C(C)C. The highest BCUT2D eigenvalue weighted by molar-refractivity contribution is 5.85. The summed E-state index contributed by atoms with van der Waals surface area (Å²) >= 11 is 0. The molecule has 0 radical (unpaired) electrons. The van der Waals surface area contributed by atoms with Gasteiger partial charge in [0, 0.05) is 29.6 Å². The van der Waals surface area contributed by atoms with Gasteiger partial charge in [0.1, 0.15) is 5.82 Å². The summed E-state index contributed by atoms with van der Waals surface area (Å²) < 4.78 is 9.24. The molecule has 0 bridgehead atoms. The highest BCUT2D eigenvalue weighted by Crippen LogP contribution is 2.29. The van der Waals surface area contributed by atoms with Gasteiger partial charge in [-0.1, -0.05) is 0 Å². The van der Waals surface area contributed by atoms with Crippen molar-refractivity contribution in [3.05, 3.63) is 36.5 Å². The Bertz CT molecular complexity index is 1140. The van der Waals surface area contributed by atoms with Crippen LogP contribution in [-0.2, 0) is 4.74 Å². The summed E-state index contributed by atoms with van der Waals surface area (Å²) in [6.07, 6.45) is 5.66. The second kappa shape index (κ2) is 6.02. The maximum absolute atomic E-state index is 5.18. The van der Waals surface area contributed by atoms with E-state index in [4.69, 9.17) is 4.74 Å². The van der Waals surface area contributed by atoms with Crippen molar-refractivity contribution in [1.82, 2.24) is 29.1 Å². The smallest absolute Gasteiger partial charge is 0.241 e. The Morgan fingerprint density at radius 2 is 2.04 bits per heavy atom. The minimum atomic E-state index is 0.295. The second-order valence-corrected chi connectivity index (χ2v) is 7.21. The lowest BCUT2D eigenvalue weighted by molar-refractivity contribution is 0.0207. The average Bonchev–Trinajstić information content (AvgIpc) is 3.16. The second-order valence-electron chi connectivity index (χ2n) is 7.21. The van der Waals surface area contributed by atoms with Gasteiger partial charge >= 0.3 is 0 Å². The zero-order valence-corrected chi connectivity index (χ0v) is 15.5. The van der Waals surface area contributed by atoms with Gasteiger partial charge in [-0.15, -0.1) is 5.10 Å². The third kappa shape index (κ3) is 2.64. The van der Waals surface area contributed by atoms with Gasteiger partial charge < -0.3 is 14.6 Å². The van der Waals surface area contributed by atoms with Crippen molar-refractivity contribution in [2.45, 2.75) is 32.9 Å². The van der Waals surface area contributed by atoms with Crippen LogP contribution in [0.4, 0.5) is 5.95 Å². The maximum atomic E-state index is 5.18. The Labute approximate surface area is 156 Å². The van der Waals surface area contributed by atoms with Gasteiger partial charge in [-0.25, -0.2) is 19.5 Å². The molecule has 0 amide bonds. The molecule has 5 heterocycles. The van der Waals surface area contributed by atoms with Crippen LogP contribution in [0.3, 0.4) is 0 Å². The first-order valence-corrected chi connectivity index (χ1v) is 9.14. The van der Waals surface area contributed by atoms with Crippen LogP contribution in [0, 0.1) is 6.92 Å². The number of hydrogen-bond donors (Lipinski definition) is 1. The molecule has 0 spiro atoms. The molecule has 1 aliphatic rings. The lowest BCUT2D eigenvalue weighted by Gasteiger charge is -2.26. The lowest BCUT2D eigenvalue weighted by atomic mass is 10.1. The summed E-state index contributed by atoms with van der Waals surface area (Å²) in [6.45, 7) is 7.73. The highest BCUT2D eigenvalue weighted by atomic mass is 16.5. The van der Waals surface area contributed by atoms with Gasteiger partial charge in [0.15, 0.2) is 5.65 Å². The Morgan fingerprint density at radius 3 is 2.78 bits per heavy atom. The largest absolute Gasteiger partial charge is 0.377 e. The summed E-state index contributed by atoms with van der Waals surface area (Å²) in [5, 5.41) is 7.83. The Balaban J connectivity index is 1.57. The normalized spacial score (nSPS) is 15.0. The van der Waals surface area contributed by atoms with Crippen LogP contribution in [0.5, 0.6) is 0 Å². The minimum Gasteiger partial charge on any atom is -0.377 e. The van der Waals surface area contributed by atoms with E-state index in [2.05, 4.69) is 49.8 Å². The lowest BCUT2D eigenvalue weighted by Crippen LogP contribution is -2.40. The molecule has 4 aromatic heterocycles. The predicted molar refractivity (Wildman–Crippen MR) is 103 cm³/mol. The van der Waals surface area contributed by atoms with E-state index in [1.54, 1.807) is 0 Å². The third-order valence-corrected chi connectivity index (χ3v) is 4.94. The molecule has 0 aromatic carbocycles. The van der Waals surface area contributed by atoms with E-state index in [-0.39, 0.29) is 0 Å². The Kier molecular flexibility index (Phi) is 3.61. The maximum Gasteiger partial charge on any atom is 0.241 e. The van der Waals surface area contributed by atoms with Gasteiger partial charge in [0.05, 0.1) is 36.5 Å². The molecule has 1 fully saturated rings. The van der Waals surface area contributed by atoms with E-state index in [1.165, 1.54) is 0 Å². The summed E-state index contributed by atoms with van der Waals surface area (Å²) in [7, 11) is 0. The number of imidazole rings is 1. The van der Waals surface area contributed by atoms with Crippen LogP contribution >= 0.6 is 0 Å². The Morgan fingerprint density at radius 1 is 1.19 bits per heavy atom. The molecule has 0 atom stereocenters. The summed E-state index contributed by atoms with van der Waals surface area (Å²) in [4.78, 5) is 13.6. The van der Waals surface area contributed by atoms with Crippen LogP contribution in [0.15, 0.2) is 30.7 Å². The number of aromatic nitrogens is 6. The molecular formula is C19H21N7O. The van der Waals surface area contributed by atoms with Crippen molar-refractivity contribution in [2.24, 2.45) is 0 Å². The van der Waals surface area contributed by atoms with E-state index in [0.717, 1.165) is 33.6 Å². The van der Waals surface area contributed by atoms with E-state index in [0.29, 0.717) is 31.2 Å². The van der Waals surface area contributed by atoms with Crippen molar-refractivity contribution in [3.63, 3.8) is 0 Å². The summed E-state index contributed by atoms with van der Waals surface area (Å²) in [5.41, 5.74) is 4.85. The minimum absolute atomic E-state index is 0.295. The fourth-order valence-electron chi connectivity index (χ4n) is 3.60. The van der Waals surface area contributed by atoms with Gasteiger partial charge in [0.25, 0.3) is 0 Å². The van der Waals surface area contributed by atoms with E-state index >= 15 is 0 Å². The van der Waals surface area contributed by atoms with E-state index < -0.39 is 0 Å². The molecule has 8 heteroatoms. The fraction of sp³-hybridized carbons (Fsp3) is 0.368. The van der Waals surface area contributed by atoms with Crippen molar-refractivity contribution in [3.8, 4) is 11.1 Å². The summed E-state index contributed by atoms with van der Waals surface area (Å²) in [5.74, 6) is 1.59. The molecular weight excluding hydrogens is 342 g/mol. The molecule has 0 aliphatic carbocycles. The van der Waals surface area contributed by atoms with E-state index in [1.807, 2.05) is 36.1 Å². The predicted octanol–water partition coefficient (Wildman–Crippen LogP) is 2.84. The molecule has 1 saturated heterocycles. The molecule has 1 aliphatic heterocycles. The van der Waals surface area contributed by atoms with Gasteiger partial charge in [-0.05, 0) is 32.9 Å². The number of fused-ring (bicyclic) bond motifs is 2. The zero-order valence-electron chi connectivity index (χ0n) is 15.5. The first-order chi connectivity index (χ1) is 13.1. The molecule has 138 valence electrons. The fourth-order valence-corrected chi connectivity index (χ4v) is 3.60. The first kappa shape index (κ1) is 16.2. The van der Waals surface area contributed by atoms with Crippen LogP contribution < -0.4 is 5.32 Å². The number of hydrogen-bond acceptors (Lipinski definition) is 6. The number of pyridine rings is 1. The number of aryl methyl sites for hydroxylation is 1. The van der Waals surface area contributed by atoms with Crippen molar-refractivity contribution in [1.29, 1.82) is 0 Å². The van der Waals surface area contributed by atoms with Crippen LogP contribution in [0.2, 0.25) is 0 Å². The summed E-state index contributed by atoms with van der Waals surface area (Å²) in [6, 6.07) is 4.82. The third-order valence-electron chi connectivity index (χ3n) is 4.94. The molecule has 0 saturated carbocycles. The van der Waals surface area contributed by atoms with Crippen LogP contribution in [0.25, 0.3) is 27.8 Å². The molecule has 4 aromatic rings. The number of anilines is 1. The quantitative estimate of drug-likeness (QED) is 0.600. The van der Waals surface area contributed by atoms with Gasteiger partial charge in [-0.2, -0.15) is 0 Å². The Hall–Kier alpha value is -3.00. The number of ether oxygens (including phenoxy) is 1. The molecule has 27 heavy (non-hydrogen) atoms.